The molecule has 0 unspecified atom stereocenters. The Kier molecular flexibility index (Phi) is 3.05. The van der Waals surface area contributed by atoms with Crippen molar-refractivity contribution in [3.63, 3.8) is 0 Å². The number of rotatable bonds is 4. The van der Waals surface area contributed by atoms with Crippen LogP contribution in [0.15, 0.2) is 24.9 Å². The van der Waals surface area contributed by atoms with Crippen LogP contribution in [-0.4, -0.2) is 18.5 Å². The first kappa shape index (κ1) is 11.9. The molecule has 0 radical (unpaired) electrons. The highest BCUT2D eigenvalue weighted by Gasteiger charge is 2.52. The summed E-state index contributed by atoms with van der Waals surface area (Å²) in [7, 11) is 0. The van der Waals surface area contributed by atoms with Crippen molar-refractivity contribution in [1.29, 1.82) is 0 Å². The third kappa shape index (κ3) is 1.99. The van der Waals surface area contributed by atoms with Crippen LogP contribution in [0.25, 0.3) is 0 Å². The number of ether oxygens (including phenoxy) is 1. The van der Waals surface area contributed by atoms with E-state index in [0.29, 0.717) is 5.92 Å². The standard InChI is InChI=1S/C13H17NO3/c1-3-14-12(16)17-8-13(9(2)15)7-10-4-5-11(13)6-10/h3-5,10-11H,1,6-8H2,2H3,(H,14,16)/t10-,11+,13+/m1/s1. The zero-order valence-corrected chi connectivity index (χ0v) is 9.94. The van der Waals surface area contributed by atoms with Crippen LogP contribution in [0.1, 0.15) is 19.8 Å². The predicted octanol–water partition coefficient (Wildman–Crippen LogP) is 2.03. The number of amides is 1. The Hall–Kier alpha value is -1.58. The number of carbonyl (C=O) groups is 2. The Balaban J connectivity index is 2.04. The van der Waals surface area contributed by atoms with E-state index >= 15 is 0 Å². The van der Waals surface area contributed by atoms with E-state index in [0.717, 1.165) is 12.8 Å². The lowest BCUT2D eigenvalue weighted by atomic mass is 9.73. The van der Waals surface area contributed by atoms with Crippen molar-refractivity contribution in [3.8, 4) is 0 Å². The number of alkyl carbamates (subject to hydrolysis) is 1. The van der Waals surface area contributed by atoms with Crippen LogP contribution >= 0.6 is 0 Å². The first-order chi connectivity index (χ1) is 8.08. The molecule has 1 N–H and O–H groups in total. The number of nitrogens with one attached hydrogen (secondary N) is 1. The largest absolute Gasteiger partial charge is 0.448 e. The number of ketones is 1. The molecule has 17 heavy (non-hydrogen) atoms. The minimum Gasteiger partial charge on any atom is -0.448 e. The fourth-order valence-corrected chi connectivity index (χ4v) is 2.95. The van der Waals surface area contributed by atoms with Crippen molar-refractivity contribution >= 4 is 11.9 Å². The summed E-state index contributed by atoms with van der Waals surface area (Å²) < 4.78 is 5.11. The van der Waals surface area contributed by atoms with Gasteiger partial charge in [-0.05, 0) is 37.8 Å². The average molecular weight is 235 g/mol. The maximum atomic E-state index is 11.9. The van der Waals surface area contributed by atoms with Gasteiger partial charge < -0.3 is 4.74 Å². The number of fused-ring (bicyclic) bond motifs is 2. The topological polar surface area (TPSA) is 55.4 Å². The van der Waals surface area contributed by atoms with E-state index in [1.807, 2.05) is 0 Å². The molecule has 0 aromatic carbocycles. The summed E-state index contributed by atoms with van der Waals surface area (Å²) >= 11 is 0. The van der Waals surface area contributed by atoms with Crippen molar-refractivity contribution < 1.29 is 14.3 Å². The molecule has 2 rings (SSSR count). The molecule has 1 fully saturated rings. The minimum atomic E-state index is -0.549. The highest BCUT2D eigenvalue weighted by atomic mass is 16.5. The molecule has 1 amide bonds. The summed E-state index contributed by atoms with van der Waals surface area (Å²) in [4.78, 5) is 23.1. The Morgan fingerprint density at radius 3 is 2.82 bits per heavy atom. The van der Waals surface area contributed by atoms with Gasteiger partial charge in [0.1, 0.15) is 12.4 Å². The molecule has 0 spiro atoms. The van der Waals surface area contributed by atoms with Gasteiger partial charge in [0.2, 0.25) is 0 Å². The second-order valence-electron chi connectivity index (χ2n) is 4.83. The van der Waals surface area contributed by atoms with Crippen LogP contribution < -0.4 is 5.32 Å². The van der Waals surface area contributed by atoms with Gasteiger partial charge in [0.25, 0.3) is 0 Å². The zero-order valence-electron chi connectivity index (χ0n) is 9.94. The lowest BCUT2D eigenvalue weighted by Gasteiger charge is -2.32. The van der Waals surface area contributed by atoms with Crippen LogP contribution in [0.3, 0.4) is 0 Å². The quantitative estimate of drug-likeness (QED) is 0.758. The van der Waals surface area contributed by atoms with E-state index in [2.05, 4.69) is 24.0 Å². The highest BCUT2D eigenvalue weighted by molar-refractivity contribution is 5.84. The van der Waals surface area contributed by atoms with Gasteiger partial charge in [0, 0.05) is 0 Å². The zero-order chi connectivity index (χ0) is 12.5. The number of carbonyl (C=O) groups excluding carboxylic acids is 2. The second-order valence-corrected chi connectivity index (χ2v) is 4.83. The Morgan fingerprint density at radius 2 is 2.35 bits per heavy atom. The smallest absolute Gasteiger partial charge is 0.411 e. The molecule has 0 aliphatic heterocycles. The van der Waals surface area contributed by atoms with Gasteiger partial charge in [-0.25, -0.2) is 4.79 Å². The third-order valence-electron chi connectivity index (χ3n) is 3.89. The minimum absolute atomic E-state index is 0.112. The van der Waals surface area contributed by atoms with Gasteiger partial charge in [-0.15, -0.1) is 0 Å². The first-order valence-electron chi connectivity index (χ1n) is 5.82. The molecule has 2 bridgehead atoms. The molecule has 0 aromatic rings. The van der Waals surface area contributed by atoms with Crippen molar-refractivity contribution in [1.82, 2.24) is 5.32 Å². The van der Waals surface area contributed by atoms with Crippen LogP contribution in [0, 0.1) is 17.3 Å². The average Bonchev–Trinajstić information content (AvgIpc) is 2.87. The first-order valence-corrected chi connectivity index (χ1v) is 5.82. The van der Waals surface area contributed by atoms with E-state index in [1.54, 1.807) is 6.92 Å². The van der Waals surface area contributed by atoms with Crippen LogP contribution in [0.5, 0.6) is 0 Å². The summed E-state index contributed by atoms with van der Waals surface area (Å²) in [6, 6.07) is 0. The summed E-state index contributed by atoms with van der Waals surface area (Å²) in [6.45, 7) is 5.13. The molecule has 4 heteroatoms. The summed E-state index contributed by atoms with van der Waals surface area (Å²) in [6.07, 6.45) is 6.77. The summed E-state index contributed by atoms with van der Waals surface area (Å²) in [5.41, 5.74) is -0.502. The Morgan fingerprint density at radius 1 is 1.59 bits per heavy atom. The number of allylic oxidation sites excluding steroid dienone is 2. The fourth-order valence-electron chi connectivity index (χ4n) is 2.95. The molecular weight excluding hydrogens is 218 g/mol. The molecule has 2 aliphatic rings. The van der Waals surface area contributed by atoms with Crippen LogP contribution in [0.4, 0.5) is 4.79 Å². The number of hydrogen-bond acceptors (Lipinski definition) is 3. The fraction of sp³-hybridized carbons (Fsp3) is 0.538. The molecule has 0 heterocycles. The third-order valence-corrected chi connectivity index (χ3v) is 3.89. The van der Waals surface area contributed by atoms with Crippen molar-refractivity contribution in [3.05, 3.63) is 24.9 Å². The van der Waals surface area contributed by atoms with Crippen molar-refractivity contribution in [2.45, 2.75) is 19.8 Å². The van der Waals surface area contributed by atoms with E-state index in [9.17, 15) is 9.59 Å². The molecule has 0 aromatic heterocycles. The lowest BCUT2D eigenvalue weighted by molar-refractivity contribution is -0.130. The van der Waals surface area contributed by atoms with Crippen molar-refractivity contribution in [2.75, 3.05) is 6.61 Å². The van der Waals surface area contributed by atoms with Gasteiger partial charge in [-0.3, -0.25) is 10.1 Å². The lowest BCUT2D eigenvalue weighted by Crippen LogP contribution is -2.40. The van der Waals surface area contributed by atoms with E-state index in [1.165, 1.54) is 6.20 Å². The molecule has 4 nitrogen and oxygen atoms in total. The second kappa shape index (κ2) is 4.35. The number of hydrogen-bond donors (Lipinski definition) is 1. The Bertz CT molecular complexity index is 388. The molecular formula is C13H17NO3. The molecule has 1 saturated carbocycles. The van der Waals surface area contributed by atoms with E-state index in [-0.39, 0.29) is 18.3 Å². The summed E-state index contributed by atoms with van der Waals surface area (Å²) in [5.74, 6) is 0.803. The highest BCUT2D eigenvalue weighted by Crippen LogP contribution is 2.52. The van der Waals surface area contributed by atoms with Crippen LogP contribution in [-0.2, 0) is 9.53 Å². The number of Topliss-reactive ketones (excluding diaryl/α,β-unsaturated/α-hetero) is 1. The monoisotopic (exact) mass is 235 g/mol. The van der Waals surface area contributed by atoms with E-state index < -0.39 is 11.5 Å². The van der Waals surface area contributed by atoms with Gasteiger partial charge in [-0.1, -0.05) is 18.7 Å². The SMILES string of the molecule is C=CNC(=O)OC[C@]1(C(C)=O)C[C@@H]2C=C[C@H]1C2. The summed E-state index contributed by atoms with van der Waals surface area (Å²) in [5, 5.41) is 2.34. The molecule has 2 aliphatic carbocycles. The van der Waals surface area contributed by atoms with Crippen LogP contribution in [0.2, 0.25) is 0 Å². The Labute approximate surface area is 101 Å². The van der Waals surface area contributed by atoms with E-state index in [4.69, 9.17) is 4.74 Å². The molecule has 92 valence electrons. The maximum Gasteiger partial charge on any atom is 0.411 e. The van der Waals surface area contributed by atoms with Gasteiger partial charge in [0.05, 0.1) is 5.41 Å². The molecule has 0 saturated heterocycles. The van der Waals surface area contributed by atoms with Gasteiger partial charge in [-0.2, -0.15) is 0 Å². The van der Waals surface area contributed by atoms with Gasteiger partial charge >= 0.3 is 6.09 Å². The molecule has 3 atom stereocenters. The maximum absolute atomic E-state index is 11.9. The van der Waals surface area contributed by atoms with Gasteiger partial charge in [0.15, 0.2) is 0 Å². The predicted molar refractivity (Wildman–Crippen MR) is 63.1 cm³/mol. The normalized spacial score (nSPS) is 33.5. The van der Waals surface area contributed by atoms with Crippen molar-refractivity contribution in [2.24, 2.45) is 17.3 Å².